The summed E-state index contributed by atoms with van der Waals surface area (Å²) in [5.74, 6) is -1.00. The average molecular weight is 437 g/mol. The van der Waals surface area contributed by atoms with Gasteiger partial charge in [0.25, 0.3) is 0 Å². The first-order valence-electron chi connectivity index (χ1n) is 8.99. The minimum atomic E-state index is -0.482. The van der Waals surface area contributed by atoms with E-state index in [1.165, 1.54) is 30.0 Å². The molecule has 2 heterocycles. The quantitative estimate of drug-likeness (QED) is 0.508. The number of hydrogen-bond acceptors (Lipinski definition) is 6. The van der Waals surface area contributed by atoms with Gasteiger partial charge in [-0.3, -0.25) is 19.7 Å². The van der Waals surface area contributed by atoms with Crippen LogP contribution in [0.15, 0.2) is 41.8 Å². The van der Waals surface area contributed by atoms with Gasteiger partial charge in [0.15, 0.2) is 0 Å². The molecule has 1 aliphatic rings. The Labute approximate surface area is 175 Å². The van der Waals surface area contributed by atoms with Crippen LogP contribution in [0.5, 0.6) is 0 Å². The van der Waals surface area contributed by atoms with Crippen LogP contribution in [0, 0.1) is 5.82 Å². The molecular weight excluding hydrogens is 415 g/mol. The first kappa shape index (κ1) is 21.3. The third-order valence-electron chi connectivity index (χ3n) is 4.07. The van der Waals surface area contributed by atoms with E-state index in [0.717, 1.165) is 4.88 Å². The first-order valence-corrected chi connectivity index (χ1v) is 10.9. The molecule has 1 aliphatic heterocycles. The van der Waals surface area contributed by atoms with Crippen molar-refractivity contribution in [2.75, 3.05) is 11.1 Å². The molecule has 0 saturated carbocycles. The lowest BCUT2D eigenvalue weighted by Crippen LogP contribution is -2.56. The zero-order chi connectivity index (χ0) is 20.6. The zero-order valence-electron chi connectivity index (χ0n) is 15.4. The van der Waals surface area contributed by atoms with Crippen LogP contribution >= 0.6 is 23.1 Å². The van der Waals surface area contributed by atoms with E-state index in [1.54, 1.807) is 17.4 Å². The number of nitrogens with one attached hydrogen (secondary N) is 4. The van der Waals surface area contributed by atoms with Gasteiger partial charge in [0.1, 0.15) is 11.3 Å². The van der Waals surface area contributed by atoms with Crippen molar-refractivity contribution in [2.24, 2.45) is 0 Å². The highest BCUT2D eigenvalue weighted by Gasteiger charge is 2.28. The van der Waals surface area contributed by atoms with E-state index in [9.17, 15) is 18.8 Å². The van der Waals surface area contributed by atoms with E-state index in [4.69, 9.17) is 0 Å². The van der Waals surface area contributed by atoms with Gasteiger partial charge in [-0.2, -0.15) is 0 Å². The van der Waals surface area contributed by atoms with Gasteiger partial charge < -0.3 is 16.0 Å². The second-order valence-electron chi connectivity index (χ2n) is 6.45. The summed E-state index contributed by atoms with van der Waals surface area (Å²) in [5.41, 5.74) is -0.110. The van der Waals surface area contributed by atoms with E-state index in [0.29, 0.717) is 12.2 Å². The first-order chi connectivity index (χ1) is 14.0. The van der Waals surface area contributed by atoms with Crippen LogP contribution in [0.3, 0.4) is 0 Å². The fourth-order valence-corrected chi connectivity index (χ4v) is 4.32. The van der Waals surface area contributed by atoms with Crippen LogP contribution < -0.4 is 21.3 Å². The molecule has 29 heavy (non-hydrogen) atoms. The van der Waals surface area contributed by atoms with Crippen molar-refractivity contribution in [1.29, 1.82) is 0 Å². The summed E-state index contributed by atoms with van der Waals surface area (Å²) in [6.45, 7) is 0.466. The van der Waals surface area contributed by atoms with Gasteiger partial charge in [0.2, 0.25) is 17.7 Å². The van der Waals surface area contributed by atoms with Crippen LogP contribution in [0.25, 0.3) is 0 Å². The highest BCUT2D eigenvalue weighted by molar-refractivity contribution is 8.00. The third kappa shape index (κ3) is 7.15. The Morgan fingerprint density at radius 3 is 2.86 bits per heavy atom. The van der Waals surface area contributed by atoms with Crippen molar-refractivity contribution >= 4 is 46.5 Å². The maximum atomic E-state index is 13.2. The number of thiophene rings is 1. The van der Waals surface area contributed by atoms with E-state index in [-0.39, 0.29) is 42.4 Å². The SMILES string of the molecule is O=C(CC1CC(=O)NC(SCC(=O)Nc2cccc(F)c2)N1)NCc1cccs1. The van der Waals surface area contributed by atoms with Crippen LogP contribution in [0.2, 0.25) is 0 Å². The molecule has 10 heteroatoms. The standard InChI is InChI=1S/C19H21FN4O3S2/c20-12-3-1-4-13(7-12)22-18(27)11-29-19-23-14(9-17(26)24-19)8-16(25)21-10-15-5-2-6-28-15/h1-7,14,19,23H,8-11H2,(H,21,25)(H,22,27)(H,24,26). The Morgan fingerprint density at radius 1 is 1.24 bits per heavy atom. The number of rotatable bonds is 8. The van der Waals surface area contributed by atoms with E-state index in [2.05, 4.69) is 21.3 Å². The van der Waals surface area contributed by atoms with Crippen molar-refractivity contribution in [3.8, 4) is 0 Å². The molecule has 1 fully saturated rings. The molecule has 2 unspecified atom stereocenters. The average Bonchev–Trinajstić information content (AvgIpc) is 3.18. The molecule has 2 aromatic rings. The molecule has 1 aromatic heterocycles. The Hall–Kier alpha value is -2.43. The molecule has 2 atom stereocenters. The number of amides is 3. The largest absolute Gasteiger partial charge is 0.351 e. The number of carbonyl (C=O) groups is 3. The number of anilines is 1. The Balaban J connectivity index is 1.42. The van der Waals surface area contributed by atoms with Crippen molar-refractivity contribution in [3.05, 3.63) is 52.5 Å². The predicted molar refractivity (Wildman–Crippen MR) is 112 cm³/mol. The molecule has 3 amide bonds. The summed E-state index contributed by atoms with van der Waals surface area (Å²) in [7, 11) is 0. The minimum Gasteiger partial charge on any atom is -0.351 e. The molecule has 0 aliphatic carbocycles. The van der Waals surface area contributed by atoms with Gasteiger partial charge in [-0.15, -0.1) is 23.1 Å². The number of halogens is 1. The second kappa shape index (κ2) is 10.4. The van der Waals surface area contributed by atoms with Crippen LogP contribution in [-0.4, -0.2) is 35.0 Å². The number of benzene rings is 1. The predicted octanol–water partition coefficient (Wildman–Crippen LogP) is 2.03. The fourth-order valence-electron chi connectivity index (χ4n) is 2.78. The fraction of sp³-hybridized carbons (Fsp3) is 0.316. The van der Waals surface area contributed by atoms with Crippen molar-refractivity contribution in [3.63, 3.8) is 0 Å². The molecule has 0 bridgehead atoms. The van der Waals surface area contributed by atoms with Gasteiger partial charge in [0.05, 0.1) is 12.3 Å². The van der Waals surface area contributed by atoms with Crippen LogP contribution in [-0.2, 0) is 20.9 Å². The summed E-state index contributed by atoms with van der Waals surface area (Å²) in [6, 6.07) is 9.18. The molecular formula is C19H21FN4O3S2. The molecule has 3 rings (SSSR count). The van der Waals surface area contributed by atoms with Gasteiger partial charge >= 0.3 is 0 Å². The number of hydrogen-bond donors (Lipinski definition) is 4. The summed E-state index contributed by atoms with van der Waals surface area (Å²) in [5, 5.41) is 13.3. The summed E-state index contributed by atoms with van der Waals surface area (Å²) in [4.78, 5) is 37.2. The lowest BCUT2D eigenvalue weighted by Gasteiger charge is -2.30. The highest BCUT2D eigenvalue weighted by Crippen LogP contribution is 2.16. The number of carbonyl (C=O) groups excluding carboxylic acids is 3. The van der Waals surface area contributed by atoms with E-state index in [1.807, 2.05) is 17.5 Å². The van der Waals surface area contributed by atoms with Crippen molar-refractivity contribution in [2.45, 2.75) is 30.9 Å². The Kier molecular flexibility index (Phi) is 7.62. The summed E-state index contributed by atoms with van der Waals surface area (Å²) >= 11 is 2.76. The Bertz CT molecular complexity index is 863. The normalized spacial score (nSPS) is 18.7. The molecule has 154 valence electrons. The zero-order valence-corrected chi connectivity index (χ0v) is 17.1. The van der Waals surface area contributed by atoms with Gasteiger partial charge in [0, 0.05) is 29.4 Å². The lowest BCUT2D eigenvalue weighted by molar-refractivity contribution is -0.125. The lowest BCUT2D eigenvalue weighted by atomic mass is 10.1. The molecule has 4 N–H and O–H groups in total. The third-order valence-corrected chi connectivity index (χ3v) is 5.96. The van der Waals surface area contributed by atoms with Crippen molar-refractivity contribution in [1.82, 2.24) is 16.0 Å². The molecule has 1 aromatic carbocycles. The Morgan fingerprint density at radius 2 is 2.10 bits per heavy atom. The maximum Gasteiger partial charge on any atom is 0.234 e. The molecule has 7 nitrogen and oxygen atoms in total. The van der Waals surface area contributed by atoms with E-state index >= 15 is 0 Å². The van der Waals surface area contributed by atoms with Crippen LogP contribution in [0.1, 0.15) is 17.7 Å². The van der Waals surface area contributed by atoms with Gasteiger partial charge in [-0.1, -0.05) is 12.1 Å². The molecule has 1 saturated heterocycles. The van der Waals surface area contributed by atoms with Gasteiger partial charge in [-0.25, -0.2) is 4.39 Å². The van der Waals surface area contributed by atoms with Gasteiger partial charge in [-0.05, 0) is 29.6 Å². The minimum absolute atomic E-state index is 0.0613. The van der Waals surface area contributed by atoms with E-state index < -0.39 is 11.3 Å². The van der Waals surface area contributed by atoms with Crippen molar-refractivity contribution < 1.29 is 18.8 Å². The maximum absolute atomic E-state index is 13.2. The summed E-state index contributed by atoms with van der Waals surface area (Å²) < 4.78 is 13.2. The second-order valence-corrected chi connectivity index (χ2v) is 8.57. The monoisotopic (exact) mass is 436 g/mol. The molecule has 0 spiro atoms. The smallest absolute Gasteiger partial charge is 0.234 e. The number of thioether (sulfide) groups is 1. The topological polar surface area (TPSA) is 99.3 Å². The molecule has 0 radical (unpaired) electrons. The highest BCUT2D eigenvalue weighted by atomic mass is 32.2. The summed E-state index contributed by atoms with van der Waals surface area (Å²) in [6.07, 6.45) is 0.365. The van der Waals surface area contributed by atoms with Crippen LogP contribution in [0.4, 0.5) is 10.1 Å².